The molecule has 1 atom stereocenters. The highest BCUT2D eigenvalue weighted by atomic mass is 79.9. The van der Waals surface area contributed by atoms with Crippen LogP contribution in [0.3, 0.4) is 0 Å². The third kappa shape index (κ3) is 3.29. The van der Waals surface area contributed by atoms with Crippen molar-refractivity contribution < 1.29 is 9.18 Å². The van der Waals surface area contributed by atoms with Gasteiger partial charge in [0.2, 0.25) is 0 Å². The molecule has 0 aliphatic carbocycles. The molecular formula is C16H20BrFN2O. The van der Waals surface area contributed by atoms with Crippen LogP contribution in [-0.2, 0) is 0 Å². The first-order chi connectivity index (χ1) is 10.1. The van der Waals surface area contributed by atoms with Crippen LogP contribution in [0.2, 0.25) is 0 Å². The van der Waals surface area contributed by atoms with Gasteiger partial charge >= 0.3 is 0 Å². The standard InChI is InChI=1S/C16H20BrFN2O/c17-15-6-5-12(18)10-14(15)16(21)20-9-3-4-13(11-20)19-7-1-2-8-19/h5-6,10,13H,1-4,7-9,11H2. The van der Waals surface area contributed by atoms with Crippen LogP contribution in [0.4, 0.5) is 4.39 Å². The molecule has 0 N–H and O–H groups in total. The first-order valence-electron chi connectivity index (χ1n) is 7.63. The second kappa shape index (κ2) is 6.44. The Bertz CT molecular complexity index is 531. The van der Waals surface area contributed by atoms with E-state index in [1.54, 1.807) is 6.07 Å². The molecule has 0 spiro atoms. The molecule has 0 saturated carbocycles. The van der Waals surface area contributed by atoms with Crippen molar-refractivity contribution >= 4 is 21.8 Å². The second-order valence-electron chi connectivity index (χ2n) is 5.91. The Labute approximate surface area is 133 Å². The summed E-state index contributed by atoms with van der Waals surface area (Å²) in [6.45, 7) is 3.83. The molecule has 0 bridgehead atoms. The Balaban J connectivity index is 1.73. The molecule has 0 radical (unpaired) electrons. The van der Waals surface area contributed by atoms with E-state index >= 15 is 0 Å². The van der Waals surface area contributed by atoms with E-state index in [1.165, 1.54) is 25.0 Å². The lowest BCUT2D eigenvalue weighted by Crippen LogP contribution is -2.49. The highest BCUT2D eigenvalue weighted by Gasteiger charge is 2.30. The fourth-order valence-electron chi connectivity index (χ4n) is 3.38. The number of halogens is 2. The lowest BCUT2D eigenvalue weighted by Gasteiger charge is -2.37. The molecular weight excluding hydrogens is 335 g/mol. The van der Waals surface area contributed by atoms with Gasteiger partial charge in [0.15, 0.2) is 0 Å². The number of benzene rings is 1. The van der Waals surface area contributed by atoms with Gasteiger partial charge in [-0.15, -0.1) is 0 Å². The van der Waals surface area contributed by atoms with Crippen molar-refractivity contribution in [3.63, 3.8) is 0 Å². The van der Waals surface area contributed by atoms with Gasteiger partial charge in [-0.1, -0.05) is 0 Å². The van der Waals surface area contributed by atoms with Crippen molar-refractivity contribution in [2.45, 2.75) is 31.7 Å². The number of nitrogens with zero attached hydrogens (tertiary/aromatic N) is 2. The van der Waals surface area contributed by atoms with Crippen LogP contribution in [0, 0.1) is 5.82 Å². The minimum absolute atomic E-state index is 0.0646. The number of amides is 1. The van der Waals surface area contributed by atoms with Crippen molar-refractivity contribution in [2.24, 2.45) is 0 Å². The molecule has 2 heterocycles. The van der Waals surface area contributed by atoms with Crippen LogP contribution in [0.1, 0.15) is 36.0 Å². The van der Waals surface area contributed by atoms with Gasteiger partial charge in [0, 0.05) is 23.6 Å². The summed E-state index contributed by atoms with van der Waals surface area (Å²) >= 11 is 3.35. The van der Waals surface area contributed by atoms with E-state index in [9.17, 15) is 9.18 Å². The zero-order chi connectivity index (χ0) is 14.8. The molecule has 2 saturated heterocycles. The minimum atomic E-state index is -0.366. The molecule has 2 aliphatic rings. The molecule has 5 heteroatoms. The molecule has 3 nitrogen and oxygen atoms in total. The fourth-order valence-corrected chi connectivity index (χ4v) is 3.79. The molecule has 0 aromatic heterocycles. The summed E-state index contributed by atoms with van der Waals surface area (Å²) in [5.41, 5.74) is 0.428. The molecule has 1 unspecified atom stereocenters. The van der Waals surface area contributed by atoms with Crippen LogP contribution >= 0.6 is 15.9 Å². The van der Waals surface area contributed by atoms with E-state index in [0.29, 0.717) is 16.1 Å². The van der Waals surface area contributed by atoms with Crippen molar-refractivity contribution in [3.8, 4) is 0 Å². The first kappa shape index (κ1) is 15.0. The van der Waals surface area contributed by atoms with Gasteiger partial charge in [0.05, 0.1) is 5.56 Å². The summed E-state index contributed by atoms with van der Waals surface area (Å²) in [5, 5.41) is 0. The lowest BCUT2D eigenvalue weighted by atomic mass is 10.0. The number of piperidine rings is 1. The van der Waals surface area contributed by atoms with E-state index in [-0.39, 0.29) is 11.7 Å². The molecule has 2 aliphatic heterocycles. The van der Waals surface area contributed by atoms with E-state index in [1.807, 2.05) is 4.90 Å². The smallest absolute Gasteiger partial charge is 0.255 e. The Kier molecular flexibility index (Phi) is 4.60. The molecule has 1 aromatic carbocycles. The number of carbonyl (C=O) groups excluding carboxylic acids is 1. The predicted octanol–water partition coefficient (Wildman–Crippen LogP) is 3.29. The Hall–Kier alpha value is -0.940. The average molecular weight is 355 g/mol. The lowest BCUT2D eigenvalue weighted by molar-refractivity contribution is 0.0606. The maximum absolute atomic E-state index is 13.4. The van der Waals surface area contributed by atoms with Gasteiger partial charge < -0.3 is 4.90 Å². The average Bonchev–Trinajstić information content (AvgIpc) is 3.03. The third-order valence-electron chi connectivity index (χ3n) is 4.50. The molecule has 3 rings (SSSR count). The number of hydrogen-bond acceptors (Lipinski definition) is 2. The van der Waals surface area contributed by atoms with E-state index in [2.05, 4.69) is 20.8 Å². The van der Waals surface area contributed by atoms with Crippen LogP contribution < -0.4 is 0 Å². The maximum Gasteiger partial charge on any atom is 0.255 e. The van der Waals surface area contributed by atoms with Gasteiger partial charge in [-0.3, -0.25) is 9.69 Å². The van der Waals surface area contributed by atoms with E-state index in [0.717, 1.165) is 39.0 Å². The summed E-state index contributed by atoms with van der Waals surface area (Å²) in [5.74, 6) is -0.431. The third-order valence-corrected chi connectivity index (χ3v) is 5.19. The first-order valence-corrected chi connectivity index (χ1v) is 8.43. The molecule has 2 fully saturated rings. The number of likely N-dealkylation sites (tertiary alicyclic amines) is 2. The maximum atomic E-state index is 13.4. The molecule has 1 amide bonds. The number of hydrogen-bond donors (Lipinski definition) is 0. The zero-order valence-electron chi connectivity index (χ0n) is 12.0. The topological polar surface area (TPSA) is 23.6 Å². The monoisotopic (exact) mass is 354 g/mol. The predicted molar refractivity (Wildman–Crippen MR) is 83.8 cm³/mol. The Morgan fingerprint density at radius 1 is 1.19 bits per heavy atom. The SMILES string of the molecule is O=C(c1cc(F)ccc1Br)N1CCCC(N2CCCC2)C1. The van der Waals surface area contributed by atoms with Gasteiger partial charge in [0.1, 0.15) is 5.82 Å². The molecule has 21 heavy (non-hydrogen) atoms. The van der Waals surface area contributed by atoms with Gasteiger partial charge in [-0.25, -0.2) is 4.39 Å². The van der Waals surface area contributed by atoms with E-state index in [4.69, 9.17) is 0 Å². The summed E-state index contributed by atoms with van der Waals surface area (Å²) in [4.78, 5) is 17.0. The summed E-state index contributed by atoms with van der Waals surface area (Å²) in [6.07, 6.45) is 4.72. The summed E-state index contributed by atoms with van der Waals surface area (Å²) in [7, 11) is 0. The molecule has 114 valence electrons. The number of rotatable bonds is 2. The van der Waals surface area contributed by atoms with Gasteiger partial charge in [-0.2, -0.15) is 0 Å². The summed E-state index contributed by atoms with van der Waals surface area (Å²) < 4.78 is 14.1. The highest BCUT2D eigenvalue weighted by Crippen LogP contribution is 2.24. The zero-order valence-corrected chi connectivity index (χ0v) is 13.6. The van der Waals surface area contributed by atoms with Crippen LogP contribution in [0.25, 0.3) is 0 Å². The number of carbonyl (C=O) groups is 1. The van der Waals surface area contributed by atoms with Crippen LogP contribution in [0.5, 0.6) is 0 Å². The Morgan fingerprint density at radius 3 is 2.71 bits per heavy atom. The largest absolute Gasteiger partial charge is 0.337 e. The second-order valence-corrected chi connectivity index (χ2v) is 6.77. The van der Waals surface area contributed by atoms with Crippen LogP contribution in [-0.4, -0.2) is 47.9 Å². The Morgan fingerprint density at radius 2 is 1.95 bits per heavy atom. The minimum Gasteiger partial charge on any atom is -0.337 e. The fraction of sp³-hybridized carbons (Fsp3) is 0.562. The van der Waals surface area contributed by atoms with Crippen molar-refractivity contribution in [3.05, 3.63) is 34.1 Å². The van der Waals surface area contributed by atoms with Crippen molar-refractivity contribution in [2.75, 3.05) is 26.2 Å². The van der Waals surface area contributed by atoms with Crippen molar-refractivity contribution in [1.82, 2.24) is 9.80 Å². The quantitative estimate of drug-likeness (QED) is 0.813. The van der Waals surface area contributed by atoms with Crippen LogP contribution in [0.15, 0.2) is 22.7 Å². The molecule has 1 aromatic rings. The highest BCUT2D eigenvalue weighted by molar-refractivity contribution is 9.10. The van der Waals surface area contributed by atoms with E-state index < -0.39 is 0 Å². The normalized spacial score (nSPS) is 23.5. The summed E-state index contributed by atoms with van der Waals surface area (Å²) in [6, 6.07) is 4.76. The van der Waals surface area contributed by atoms with Gasteiger partial charge in [-0.05, 0) is 72.9 Å². The van der Waals surface area contributed by atoms with Gasteiger partial charge in [0.25, 0.3) is 5.91 Å². The van der Waals surface area contributed by atoms with Crippen molar-refractivity contribution in [1.29, 1.82) is 0 Å².